The van der Waals surface area contributed by atoms with E-state index in [0.717, 1.165) is 48.1 Å². The van der Waals surface area contributed by atoms with Crippen molar-refractivity contribution in [3.05, 3.63) is 41.0 Å². The highest BCUT2D eigenvalue weighted by atomic mass is 32.2. The van der Waals surface area contributed by atoms with Crippen molar-refractivity contribution in [3.63, 3.8) is 0 Å². The lowest BCUT2D eigenvalue weighted by Gasteiger charge is -2.33. The number of nitrogens with one attached hydrogen (secondary N) is 3. The predicted octanol–water partition coefficient (Wildman–Crippen LogP) is 5.37. The van der Waals surface area contributed by atoms with E-state index in [1.54, 1.807) is 29.8 Å². The van der Waals surface area contributed by atoms with Crippen LogP contribution in [0.25, 0.3) is 10.2 Å². The quantitative estimate of drug-likeness (QED) is 0.365. The zero-order valence-electron chi connectivity index (χ0n) is 20.6. The van der Waals surface area contributed by atoms with Gasteiger partial charge in [0, 0.05) is 17.1 Å². The van der Waals surface area contributed by atoms with E-state index < -0.39 is 16.1 Å². The normalized spacial score (nSPS) is 16.1. The number of unbranched alkanes of at least 4 members (excludes halogenated alkanes) is 1. The van der Waals surface area contributed by atoms with Crippen LogP contribution in [-0.2, 0) is 22.9 Å². The minimum Gasteiger partial charge on any atom is -0.340 e. The number of amides is 2. The van der Waals surface area contributed by atoms with Gasteiger partial charge in [-0.05, 0) is 66.8 Å². The fraction of sp³-hybridized carbons (Fsp3) is 0.480. The average molecular weight is 516 g/mol. The van der Waals surface area contributed by atoms with E-state index in [-0.39, 0.29) is 10.3 Å². The third-order valence-electron chi connectivity index (χ3n) is 6.54. The molecule has 0 radical (unpaired) electrons. The van der Waals surface area contributed by atoms with Crippen LogP contribution in [0.15, 0.2) is 35.5 Å². The van der Waals surface area contributed by atoms with Gasteiger partial charge in [-0.3, -0.25) is 0 Å². The van der Waals surface area contributed by atoms with Crippen LogP contribution < -0.4 is 15.4 Å². The van der Waals surface area contributed by atoms with Gasteiger partial charge in [0.1, 0.15) is 17.0 Å². The molecule has 4 rings (SSSR count). The van der Waals surface area contributed by atoms with Gasteiger partial charge in [-0.25, -0.2) is 27.9 Å². The molecule has 2 aromatic heterocycles. The first kappa shape index (κ1) is 25.4. The number of anilines is 2. The lowest BCUT2D eigenvalue weighted by Crippen LogP contribution is -2.39. The van der Waals surface area contributed by atoms with Crippen LogP contribution >= 0.6 is 11.3 Å². The molecule has 3 aromatic rings. The molecule has 35 heavy (non-hydrogen) atoms. The first-order chi connectivity index (χ1) is 16.6. The lowest BCUT2D eigenvalue weighted by atomic mass is 9.72. The smallest absolute Gasteiger partial charge is 0.328 e. The second-order valence-electron chi connectivity index (χ2n) is 10.1. The van der Waals surface area contributed by atoms with Crippen molar-refractivity contribution in [1.29, 1.82) is 0 Å². The third-order valence-corrected chi connectivity index (χ3v) is 9.05. The summed E-state index contributed by atoms with van der Waals surface area (Å²) < 4.78 is 27.1. The maximum atomic E-state index is 12.5. The highest BCUT2D eigenvalue weighted by Crippen LogP contribution is 2.44. The SMILES string of the molecule is CCCCNC(=O)NS(=O)(=O)c1ccc(Nc2ncnc3sc4c(c23)CCC(C(C)(C)C)C4)cc1. The number of aryl methyl sites for hydroxylation is 1. The second-order valence-corrected chi connectivity index (χ2v) is 12.8. The summed E-state index contributed by atoms with van der Waals surface area (Å²) in [6, 6.07) is 5.57. The first-order valence-corrected chi connectivity index (χ1v) is 14.3. The summed E-state index contributed by atoms with van der Waals surface area (Å²) in [5, 5.41) is 6.95. The van der Waals surface area contributed by atoms with Gasteiger partial charge in [0.05, 0.1) is 10.3 Å². The van der Waals surface area contributed by atoms with E-state index in [0.29, 0.717) is 18.2 Å². The molecule has 1 unspecified atom stereocenters. The third kappa shape index (κ3) is 5.75. The zero-order valence-corrected chi connectivity index (χ0v) is 22.3. The Balaban J connectivity index is 1.51. The number of hydrogen-bond acceptors (Lipinski definition) is 7. The molecule has 0 saturated heterocycles. The number of benzene rings is 1. The fourth-order valence-electron chi connectivity index (χ4n) is 4.39. The van der Waals surface area contributed by atoms with Crippen LogP contribution in [0.5, 0.6) is 0 Å². The molecule has 0 saturated carbocycles. The van der Waals surface area contributed by atoms with Gasteiger partial charge in [-0.2, -0.15) is 0 Å². The topological polar surface area (TPSA) is 113 Å². The van der Waals surface area contributed by atoms with Gasteiger partial charge >= 0.3 is 6.03 Å². The summed E-state index contributed by atoms with van der Waals surface area (Å²) in [5.74, 6) is 1.37. The van der Waals surface area contributed by atoms with Crippen molar-refractivity contribution in [2.75, 3.05) is 11.9 Å². The Hall–Kier alpha value is -2.72. The molecule has 1 aliphatic carbocycles. The monoisotopic (exact) mass is 515 g/mol. The Bertz CT molecular complexity index is 1310. The lowest BCUT2D eigenvalue weighted by molar-refractivity contribution is 0.218. The van der Waals surface area contributed by atoms with Gasteiger partial charge in [0.25, 0.3) is 10.0 Å². The van der Waals surface area contributed by atoms with E-state index >= 15 is 0 Å². The number of nitrogens with zero attached hydrogens (tertiary/aromatic N) is 2. The highest BCUT2D eigenvalue weighted by Gasteiger charge is 2.31. The number of rotatable bonds is 7. The van der Waals surface area contributed by atoms with Gasteiger partial charge in [-0.15, -0.1) is 11.3 Å². The van der Waals surface area contributed by atoms with Crippen molar-refractivity contribution in [3.8, 4) is 0 Å². The van der Waals surface area contributed by atoms with Gasteiger partial charge in [-0.1, -0.05) is 34.1 Å². The molecule has 2 heterocycles. The van der Waals surface area contributed by atoms with E-state index in [2.05, 4.69) is 46.1 Å². The predicted molar refractivity (Wildman–Crippen MR) is 141 cm³/mol. The Morgan fingerprint density at radius 1 is 1.17 bits per heavy atom. The van der Waals surface area contributed by atoms with Crippen LogP contribution in [0.1, 0.15) is 57.4 Å². The highest BCUT2D eigenvalue weighted by molar-refractivity contribution is 7.90. The van der Waals surface area contributed by atoms with Crippen LogP contribution in [0, 0.1) is 11.3 Å². The number of carbonyl (C=O) groups excluding carboxylic acids is 1. The first-order valence-electron chi connectivity index (χ1n) is 12.0. The maximum absolute atomic E-state index is 12.5. The van der Waals surface area contributed by atoms with Gasteiger partial charge in [0.15, 0.2) is 0 Å². The molecule has 10 heteroatoms. The van der Waals surface area contributed by atoms with Crippen molar-refractivity contribution in [2.24, 2.45) is 11.3 Å². The number of carbonyl (C=O) groups is 1. The molecule has 0 spiro atoms. The second kappa shape index (κ2) is 10.1. The molecular weight excluding hydrogens is 482 g/mol. The molecule has 3 N–H and O–H groups in total. The molecule has 0 fully saturated rings. The molecule has 0 aliphatic heterocycles. The Morgan fingerprint density at radius 3 is 2.60 bits per heavy atom. The summed E-state index contributed by atoms with van der Waals surface area (Å²) in [4.78, 5) is 23.3. The number of thiophene rings is 1. The number of hydrogen-bond donors (Lipinski definition) is 3. The van der Waals surface area contributed by atoms with Crippen molar-refractivity contribution < 1.29 is 13.2 Å². The number of urea groups is 1. The molecule has 0 bridgehead atoms. The fourth-order valence-corrected chi connectivity index (χ4v) is 6.59. The van der Waals surface area contributed by atoms with Crippen LogP contribution in [0.3, 0.4) is 0 Å². The van der Waals surface area contributed by atoms with Crippen molar-refractivity contribution >= 4 is 49.1 Å². The van der Waals surface area contributed by atoms with E-state index in [9.17, 15) is 13.2 Å². The van der Waals surface area contributed by atoms with E-state index in [4.69, 9.17) is 0 Å². The molecule has 1 aliphatic rings. The summed E-state index contributed by atoms with van der Waals surface area (Å²) in [5.41, 5.74) is 2.30. The molecule has 1 aromatic carbocycles. The zero-order chi connectivity index (χ0) is 25.2. The van der Waals surface area contributed by atoms with E-state index in [1.807, 2.05) is 6.92 Å². The number of aromatic nitrogens is 2. The summed E-state index contributed by atoms with van der Waals surface area (Å²) in [7, 11) is -3.96. The van der Waals surface area contributed by atoms with Crippen LogP contribution in [0.2, 0.25) is 0 Å². The van der Waals surface area contributed by atoms with Crippen molar-refractivity contribution in [1.82, 2.24) is 20.0 Å². The molecule has 2 amide bonds. The minimum absolute atomic E-state index is 0.0164. The molecule has 8 nitrogen and oxygen atoms in total. The molecule has 188 valence electrons. The standard InChI is InChI=1S/C25H33N5O3S2/c1-5-6-13-26-24(31)30-35(32,33)18-10-8-17(9-11-18)29-22-21-19-12-7-16(25(2,3)4)14-20(19)34-23(21)28-15-27-22/h8-11,15-16H,5-7,12-14H2,1-4H3,(H2,26,30,31)(H,27,28,29). The summed E-state index contributed by atoms with van der Waals surface area (Å²) in [6.45, 7) is 9.34. The number of fused-ring (bicyclic) bond motifs is 3. The maximum Gasteiger partial charge on any atom is 0.328 e. The molecular formula is C25H33N5O3S2. The largest absolute Gasteiger partial charge is 0.340 e. The van der Waals surface area contributed by atoms with Crippen LogP contribution in [0.4, 0.5) is 16.3 Å². The Kier molecular flexibility index (Phi) is 7.32. The summed E-state index contributed by atoms with van der Waals surface area (Å²) in [6.07, 6.45) is 6.46. The average Bonchev–Trinajstić information content (AvgIpc) is 3.17. The van der Waals surface area contributed by atoms with Gasteiger partial charge in [0.2, 0.25) is 0 Å². The number of sulfonamides is 1. The summed E-state index contributed by atoms with van der Waals surface area (Å²) >= 11 is 1.75. The van der Waals surface area contributed by atoms with Crippen LogP contribution in [-0.4, -0.2) is 31.0 Å². The Morgan fingerprint density at radius 2 is 1.91 bits per heavy atom. The Labute approximate surface area is 211 Å². The minimum atomic E-state index is -3.96. The van der Waals surface area contributed by atoms with E-state index in [1.165, 1.54) is 22.6 Å². The van der Waals surface area contributed by atoms with Gasteiger partial charge < -0.3 is 10.6 Å². The molecule has 1 atom stereocenters. The van der Waals surface area contributed by atoms with Crippen molar-refractivity contribution in [2.45, 2.75) is 64.7 Å².